The van der Waals surface area contributed by atoms with Crippen LogP contribution in [0.25, 0.3) is 0 Å². The van der Waals surface area contributed by atoms with Crippen molar-refractivity contribution in [3.8, 4) is 11.5 Å². The van der Waals surface area contributed by atoms with Crippen molar-refractivity contribution >= 4 is 22.5 Å². The molecule has 2 aromatic carbocycles. The first-order valence-corrected chi connectivity index (χ1v) is 8.41. The van der Waals surface area contributed by atoms with Crippen molar-refractivity contribution in [2.75, 3.05) is 0 Å². The third kappa shape index (κ3) is 2.23. The van der Waals surface area contributed by atoms with E-state index in [1.54, 1.807) is 12.1 Å². The zero-order valence-electron chi connectivity index (χ0n) is 8.82. The Morgan fingerprint density at radius 3 is 2.06 bits per heavy atom. The molecular formula is C12H11AsO4. The Hall–Kier alpha value is -1.64. The van der Waals surface area contributed by atoms with Crippen molar-refractivity contribution in [2.24, 2.45) is 0 Å². The van der Waals surface area contributed by atoms with Gasteiger partial charge < -0.3 is 0 Å². The summed E-state index contributed by atoms with van der Waals surface area (Å²) in [5.41, 5.74) is 0. The van der Waals surface area contributed by atoms with E-state index in [1.165, 1.54) is 36.4 Å². The predicted octanol–water partition coefficient (Wildman–Crippen LogP) is 0.0770. The number of hydrogen-bond donors (Lipinski definition) is 3. The molecule has 0 fully saturated rings. The molecule has 4 nitrogen and oxygen atoms in total. The Morgan fingerprint density at radius 1 is 0.882 bits per heavy atom. The molecule has 2 aromatic rings. The molecule has 0 spiro atoms. The average molecular weight is 294 g/mol. The van der Waals surface area contributed by atoms with Crippen LogP contribution >= 0.6 is 0 Å². The minimum atomic E-state index is -4.51. The van der Waals surface area contributed by atoms with Crippen LogP contribution in [0.3, 0.4) is 0 Å². The number of benzene rings is 2. The van der Waals surface area contributed by atoms with Gasteiger partial charge in [-0.15, -0.1) is 0 Å². The first-order chi connectivity index (χ1) is 8.01. The van der Waals surface area contributed by atoms with E-state index in [0.717, 1.165) is 0 Å². The minimum absolute atomic E-state index is 0.0292. The third-order valence-corrected chi connectivity index (χ3v) is 6.67. The van der Waals surface area contributed by atoms with Crippen molar-refractivity contribution in [2.45, 2.75) is 0 Å². The monoisotopic (exact) mass is 294 g/mol. The van der Waals surface area contributed by atoms with Gasteiger partial charge in [0.05, 0.1) is 0 Å². The fraction of sp³-hybridized carbons (Fsp3) is 0. The van der Waals surface area contributed by atoms with Gasteiger partial charge in [-0.1, -0.05) is 0 Å². The fourth-order valence-electron chi connectivity index (χ4n) is 1.51. The van der Waals surface area contributed by atoms with Crippen LogP contribution in [-0.4, -0.2) is 28.1 Å². The summed E-state index contributed by atoms with van der Waals surface area (Å²) in [5, 5.41) is 18.7. The topological polar surface area (TPSA) is 77.8 Å². The van der Waals surface area contributed by atoms with Crippen LogP contribution < -0.4 is 8.70 Å². The molecule has 0 aliphatic heterocycles. The summed E-state index contributed by atoms with van der Waals surface area (Å²) in [6.07, 6.45) is 0. The molecule has 0 radical (unpaired) electrons. The Bertz CT molecular complexity index is 577. The first kappa shape index (κ1) is 11.8. The van der Waals surface area contributed by atoms with E-state index in [9.17, 15) is 12.9 Å². The van der Waals surface area contributed by atoms with Gasteiger partial charge in [-0.25, -0.2) is 0 Å². The van der Waals surface area contributed by atoms with Crippen molar-refractivity contribution in [1.82, 2.24) is 0 Å². The van der Waals surface area contributed by atoms with Gasteiger partial charge in [0.15, 0.2) is 0 Å². The molecule has 0 aliphatic rings. The molecule has 0 bridgehead atoms. The summed E-state index contributed by atoms with van der Waals surface area (Å²) >= 11 is -4.51. The van der Waals surface area contributed by atoms with Crippen molar-refractivity contribution in [3.63, 3.8) is 0 Å². The van der Waals surface area contributed by atoms with Gasteiger partial charge in [0.2, 0.25) is 0 Å². The number of para-hydroxylation sites is 1. The summed E-state index contributed by atoms with van der Waals surface area (Å²) in [7, 11) is 0. The standard InChI is InChI=1S/C12H11AsO4/c14-10-7-5-9(6-8-10)13(16,17)11-3-1-2-4-12(11)15/h1-8,14-15H,(H,16,17). The zero-order chi connectivity index (χ0) is 12.5. The maximum atomic E-state index is 12.3. The van der Waals surface area contributed by atoms with Gasteiger partial charge in [-0.2, -0.15) is 0 Å². The molecule has 1 unspecified atom stereocenters. The number of phenols is 2. The second-order valence-electron chi connectivity index (χ2n) is 3.58. The van der Waals surface area contributed by atoms with Crippen LogP contribution in [0.15, 0.2) is 48.5 Å². The molecule has 3 N–H and O–H groups in total. The molecule has 0 aliphatic carbocycles. The SMILES string of the molecule is O=[As](O)(c1ccc(O)cc1)c1ccccc1O. The summed E-state index contributed by atoms with van der Waals surface area (Å²) in [4.78, 5) is 0. The van der Waals surface area contributed by atoms with Gasteiger partial charge in [0.25, 0.3) is 0 Å². The first-order valence-electron chi connectivity index (χ1n) is 4.93. The Morgan fingerprint density at radius 2 is 1.47 bits per heavy atom. The molecule has 0 saturated heterocycles. The quantitative estimate of drug-likeness (QED) is 0.685. The maximum absolute atomic E-state index is 12.3. The molecule has 17 heavy (non-hydrogen) atoms. The van der Waals surface area contributed by atoms with Crippen LogP contribution in [0.5, 0.6) is 11.5 Å². The van der Waals surface area contributed by atoms with Gasteiger partial charge in [0, 0.05) is 0 Å². The van der Waals surface area contributed by atoms with Crippen LogP contribution in [-0.2, 0) is 3.74 Å². The second kappa shape index (κ2) is 4.32. The Labute approximate surface area is 101 Å². The summed E-state index contributed by atoms with van der Waals surface area (Å²) < 4.78 is 22.7. The van der Waals surface area contributed by atoms with Gasteiger partial charge in [-0.05, 0) is 0 Å². The van der Waals surface area contributed by atoms with Gasteiger partial charge in [-0.3, -0.25) is 0 Å². The molecule has 0 saturated carbocycles. The summed E-state index contributed by atoms with van der Waals surface area (Å²) in [6.45, 7) is 0. The molecule has 0 aromatic heterocycles. The van der Waals surface area contributed by atoms with Crippen molar-refractivity contribution < 1.29 is 18.0 Å². The van der Waals surface area contributed by atoms with Crippen LogP contribution in [0.4, 0.5) is 0 Å². The summed E-state index contributed by atoms with van der Waals surface area (Å²) in [6, 6.07) is 11.5. The Balaban J connectivity index is 2.54. The molecule has 5 heteroatoms. The van der Waals surface area contributed by atoms with E-state index < -0.39 is 13.8 Å². The van der Waals surface area contributed by atoms with Crippen molar-refractivity contribution in [1.29, 1.82) is 0 Å². The third-order valence-electron chi connectivity index (χ3n) is 2.41. The number of aromatic hydroxyl groups is 2. The molecule has 0 heterocycles. The van der Waals surface area contributed by atoms with E-state index in [-0.39, 0.29) is 20.2 Å². The van der Waals surface area contributed by atoms with Gasteiger partial charge in [0.1, 0.15) is 0 Å². The second-order valence-corrected chi connectivity index (χ2v) is 8.09. The van der Waals surface area contributed by atoms with Crippen LogP contribution in [0.1, 0.15) is 0 Å². The van der Waals surface area contributed by atoms with E-state index in [1.807, 2.05) is 0 Å². The predicted molar refractivity (Wildman–Crippen MR) is 64.1 cm³/mol. The molecule has 2 rings (SSSR count). The van der Waals surface area contributed by atoms with Crippen LogP contribution in [0.2, 0.25) is 0 Å². The zero-order valence-corrected chi connectivity index (χ0v) is 10.7. The van der Waals surface area contributed by atoms with E-state index in [0.29, 0.717) is 0 Å². The molecule has 0 amide bonds. The van der Waals surface area contributed by atoms with E-state index in [2.05, 4.69) is 0 Å². The Kier molecular flexibility index (Phi) is 3.01. The number of phenolic OH excluding ortho intramolecular Hbond substituents is 2. The average Bonchev–Trinajstić information content (AvgIpc) is 2.30. The molecule has 88 valence electrons. The fourth-order valence-corrected chi connectivity index (χ4v) is 4.67. The van der Waals surface area contributed by atoms with Crippen LogP contribution in [0, 0.1) is 0 Å². The number of rotatable bonds is 2. The number of hydrogen-bond acceptors (Lipinski definition) is 3. The molecule has 1 atom stereocenters. The normalized spacial score (nSPS) is 14.2. The molecular weight excluding hydrogens is 283 g/mol. The summed E-state index contributed by atoms with van der Waals surface area (Å²) in [5.74, 6) is -0.160. The van der Waals surface area contributed by atoms with E-state index in [4.69, 9.17) is 5.11 Å². The van der Waals surface area contributed by atoms with Gasteiger partial charge >= 0.3 is 101 Å². The van der Waals surface area contributed by atoms with E-state index >= 15 is 0 Å². The van der Waals surface area contributed by atoms with Crippen molar-refractivity contribution in [3.05, 3.63) is 48.5 Å².